The smallest absolute Gasteiger partial charge is 0.330 e. The van der Waals surface area contributed by atoms with Crippen LogP contribution in [0.25, 0.3) is 0 Å². The molecule has 0 aliphatic carbocycles. The topological polar surface area (TPSA) is 44.8 Å². The average Bonchev–Trinajstić information content (AvgIpc) is 2.93. The molecule has 0 bridgehead atoms. The molecule has 0 spiro atoms. The minimum Gasteiger partial charge on any atom is -0.490 e. The van der Waals surface area contributed by atoms with Crippen LogP contribution in [0.2, 0.25) is 0 Å². The van der Waals surface area contributed by atoms with Gasteiger partial charge in [-0.05, 0) is 59.4 Å². The first kappa shape index (κ1) is 24.8. The highest BCUT2D eigenvalue weighted by molar-refractivity contribution is 5.81. The highest BCUT2D eigenvalue weighted by atomic mass is 16.6. The van der Waals surface area contributed by atoms with Crippen molar-refractivity contribution >= 4 is 5.97 Å². The fraction of sp³-hybridized carbons (Fsp3) is 0.156. The molecule has 0 saturated carbocycles. The lowest BCUT2D eigenvalue weighted by Crippen LogP contribution is -2.30. The van der Waals surface area contributed by atoms with Crippen molar-refractivity contribution in [2.24, 2.45) is 0 Å². The fourth-order valence-electron chi connectivity index (χ4n) is 3.78. The first-order chi connectivity index (χ1) is 17.7. The Morgan fingerprint density at radius 2 is 1.00 bits per heavy atom. The maximum atomic E-state index is 11.8. The Morgan fingerprint density at radius 1 is 0.611 bits per heavy atom. The monoisotopic (exact) mass is 478 g/mol. The number of carbonyl (C=O) groups is 1. The van der Waals surface area contributed by atoms with E-state index in [1.165, 1.54) is 22.3 Å². The highest BCUT2D eigenvalue weighted by Gasteiger charge is 2.15. The Bertz CT molecular complexity index is 1130. The van der Waals surface area contributed by atoms with Crippen molar-refractivity contribution in [3.63, 3.8) is 0 Å². The lowest BCUT2D eigenvalue weighted by Gasteiger charge is -2.19. The normalized spacial score (nSPS) is 10.6. The maximum Gasteiger partial charge on any atom is 0.330 e. The quantitative estimate of drug-likeness (QED) is 0.174. The Morgan fingerprint density at radius 3 is 1.39 bits per heavy atom. The summed E-state index contributed by atoms with van der Waals surface area (Å²) in [6.07, 6.45) is 2.28. The fourth-order valence-corrected chi connectivity index (χ4v) is 3.78. The number of rotatable bonds is 12. The summed E-state index contributed by atoms with van der Waals surface area (Å²) >= 11 is 0. The van der Waals surface area contributed by atoms with Crippen LogP contribution >= 0.6 is 0 Å². The molecule has 0 aliphatic heterocycles. The Labute approximate surface area is 212 Å². The second-order valence-electron chi connectivity index (χ2n) is 8.50. The van der Waals surface area contributed by atoms with Crippen LogP contribution < -0.4 is 9.47 Å². The molecule has 182 valence electrons. The van der Waals surface area contributed by atoms with Crippen molar-refractivity contribution in [3.05, 3.63) is 144 Å². The summed E-state index contributed by atoms with van der Waals surface area (Å²) in [5.74, 6) is 0.900. The van der Waals surface area contributed by atoms with E-state index < -0.39 is 12.1 Å². The highest BCUT2D eigenvalue weighted by Crippen LogP contribution is 2.18. The molecular weight excluding hydrogens is 448 g/mol. The molecule has 4 heteroatoms. The van der Waals surface area contributed by atoms with Gasteiger partial charge in [0, 0.05) is 6.08 Å². The molecule has 0 N–H and O–H groups in total. The zero-order valence-corrected chi connectivity index (χ0v) is 20.2. The van der Waals surface area contributed by atoms with Crippen LogP contribution in [0.5, 0.6) is 11.5 Å². The van der Waals surface area contributed by atoms with Crippen LogP contribution in [0.4, 0.5) is 0 Å². The average molecular weight is 479 g/mol. The maximum absolute atomic E-state index is 11.8. The first-order valence-electron chi connectivity index (χ1n) is 12.0. The SMILES string of the molecule is C=CC(=O)OC(COc1ccc(Cc2ccccc2)cc1)COc1ccc(Cc2ccccc2)cc1. The standard InChI is InChI=1S/C32H30O4/c1-2-32(33)36-31(23-34-29-17-13-27(14-18-29)21-25-9-5-3-6-10-25)24-35-30-19-15-28(16-20-30)22-26-11-7-4-8-12-26/h2-20,31H,1,21-24H2. The number of esters is 1. The predicted octanol–water partition coefficient (Wildman–Crippen LogP) is 6.42. The summed E-state index contributed by atoms with van der Waals surface area (Å²) in [6.45, 7) is 3.82. The van der Waals surface area contributed by atoms with Crippen molar-refractivity contribution in [1.29, 1.82) is 0 Å². The van der Waals surface area contributed by atoms with Crippen molar-refractivity contribution in [1.82, 2.24) is 0 Å². The summed E-state index contributed by atoms with van der Waals surface area (Å²) in [5, 5.41) is 0. The van der Waals surface area contributed by atoms with Crippen LogP contribution in [0.3, 0.4) is 0 Å². The van der Waals surface area contributed by atoms with Gasteiger partial charge in [0.1, 0.15) is 24.7 Å². The summed E-state index contributed by atoms with van der Waals surface area (Å²) in [7, 11) is 0. The first-order valence-corrected chi connectivity index (χ1v) is 12.0. The van der Waals surface area contributed by atoms with Crippen molar-refractivity contribution in [2.75, 3.05) is 13.2 Å². The van der Waals surface area contributed by atoms with E-state index in [9.17, 15) is 4.79 Å². The second kappa shape index (κ2) is 13.0. The van der Waals surface area contributed by atoms with E-state index in [2.05, 4.69) is 30.8 Å². The van der Waals surface area contributed by atoms with Crippen molar-refractivity contribution < 1.29 is 19.0 Å². The summed E-state index contributed by atoms with van der Waals surface area (Å²) in [5.41, 5.74) is 4.91. The molecular formula is C32H30O4. The van der Waals surface area contributed by atoms with Gasteiger partial charge in [0.25, 0.3) is 0 Å². The van der Waals surface area contributed by atoms with E-state index in [1.54, 1.807) is 0 Å². The largest absolute Gasteiger partial charge is 0.490 e. The van der Waals surface area contributed by atoms with Crippen LogP contribution in [-0.2, 0) is 22.4 Å². The molecule has 36 heavy (non-hydrogen) atoms. The zero-order valence-electron chi connectivity index (χ0n) is 20.2. The van der Waals surface area contributed by atoms with E-state index in [-0.39, 0.29) is 13.2 Å². The number of benzene rings is 4. The summed E-state index contributed by atoms with van der Waals surface area (Å²) < 4.78 is 17.2. The molecule has 0 fully saturated rings. The van der Waals surface area contributed by atoms with E-state index >= 15 is 0 Å². The van der Waals surface area contributed by atoms with Gasteiger partial charge in [0.2, 0.25) is 0 Å². The Kier molecular flexibility index (Phi) is 8.93. The van der Waals surface area contributed by atoms with Gasteiger partial charge < -0.3 is 14.2 Å². The van der Waals surface area contributed by atoms with Crippen molar-refractivity contribution in [2.45, 2.75) is 18.9 Å². The Hall–Kier alpha value is -4.31. The van der Waals surface area contributed by atoms with Crippen LogP contribution in [0.1, 0.15) is 22.3 Å². The lowest BCUT2D eigenvalue weighted by molar-refractivity contribution is -0.146. The van der Waals surface area contributed by atoms with Gasteiger partial charge in [0.15, 0.2) is 6.10 Å². The lowest BCUT2D eigenvalue weighted by atomic mass is 10.1. The molecule has 0 atom stereocenters. The number of hydrogen-bond donors (Lipinski definition) is 0. The van der Waals surface area contributed by atoms with Gasteiger partial charge in [0.05, 0.1) is 0 Å². The van der Waals surface area contributed by atoms with Gasteiger partial charge in [-0.25, -0.2) is 4.79 Å². The summed E-state index contributed by atoms with van der Waals surface area (Å²) in [6, 6.07) is 36.5. The molecule has 4 nitrogen and oxygen atoms in total. The third-order valence-corrected chi connectivity index (χ3v) is 5.67. The van der Waals surface area contributed by atoms with Crippen molar-refractivity contribution in [3.8, 4) is 11.5 Å². The van der Waals surface area contributed by atoms with Gasteiger partial charge in [-0.15, -0.1) is 0 Å². The second-order valence-corrected chi connectivity index (χ2v) is 8.50. The molecule has 0 amide bonds. The predicted molar refractivity (Wildman–Crippen MR) is 142 cm³/mol. The van der Waals surface area contributed by atoms with Crippen LogP contribution in [-0.4, -0.2) is 25.3 Å². The van der Waals surface area contributed by atoms with Crippen LogP contribution in [0.15, 0.2) is 122 Å². The molecule has 0 saturated heterocycles. The molecule has 0 unspecified atom stereocenters. The Balaban J connectivity index is 1.30. The minimum atomic E-state index is -0.580. The van der Waals surface area contributed by atoms with E-state index in [1.807, 2.05) is 84.9 Å². The molecule has 0 aromatic heterocycles. The third-order valence-electron chi connectivity index (χ3n) is 5.67. The van der Waals surface area contributed by atoms with Gasteiger partial charge in [-0.3, -0.25) is 0 Å². The molecule has 4 aromatic rings. The van der Waals surface area contributed by atoms with Gasteiger partial charge in [-0.1, -0.05) is 91.5 Å². The van der Waals surface area contributed by atoms with Crippen LogP contribution in [0, 0.1) is 0 Å². The number of carbonyl (C=O) groups excluding carboxylic acids is 1. The molecule has 4 rings (SSSR count). The molecule has 0 radical (unpaired) electrons. The van der Waals surface area contributed by atoms with E-state index in [0.717, 1.165) is 18.9 Å². The van der Waals surface area contributed by atoms with E-state index in [0.29, 0.717) is 11.5 Å². The zero-order chi connectivity index (χ0) is 25.0. The van der Waals surface area contributed by atoms with Gasteiger partial charge in [-0.2, -0.15) is 0 Å². The summed E-state index contributed by atoms with van der Waals surface area (Å²) in [4.78, 5) is 11.8. The molecule has 0 heterocycles. The number of ether oxygens (including phenoxy) is 3. The third kappa shape index (κ3) is 7.88. The molecule has 4 aromatic carbocycles. The number of hydrogen-bond acceptors (Lipinski definition) is 4. The van der Waals surface area contributed by atoms with E-state index in [4.69, 9.17) is 14.2 Å². The van der Waals surface area contributed by atoms with Gasteiger partial charge >= 0.3 is 5.97 Å². The molecule has 0 aliphatic rings. The minimum absolute atomic E-state index is 0.170.